The maximum absolute atomic E-state index is 12.9. The number of likely N-dealkylation sites (tertiary alicyclic amines) is 1. The van der Waals surface area contributed by atoms with Crippen LogP contribution >= 0.6 is 0 Å². The quantitative estimate of drug-likeness (QED) is 0.762. The van der Waals surface area contributed by atoms with E-state index in [1.807, 2.05) is 23.1 Å². The molecule has 2 aromatic heterocycles. The van der Waals surface area contributed by atoms with E-state index in [9.17, 15) is 4.79 Å². The van der Waals surface area contributed by atoms with Gasteiger partial charge in [-0.05, 0) is 43.4 Å². The van der Waals surface area contributed by atoms with Crippen LogP contribution in [0, 0.1) is 5.92 Å². The van der Waals surface area contributed by atoms with Gasteiger partial charge in [-0.15, -0.1) is 0 Å². The fourth-order valence-electron chi connectivity index (χ4n) is 3.48. The first-order chi connectivity index (χ1) is 12.2. The third-order valence-electron chi connectivity index (χ3n) is 4.76. The number of nitrogen functional groups attached to an aromatic ring is 1. The van der Waals surface area contributed by atoms with Crippen molar-refractivity contribution in [1.29, 1.82) is 0 Å². The van der Waals surface area contributed by atoms with E-state index in [1.165, 1.54) is 0 Å². The van der Waals surface area contributed by atoms with Crippen LogP contribution in [0.2, 0.25) is 0 Å². The molecule has 1 fully saturated rings. The first kappa shape index (κ1) is 15.6. The summed E-state index contributed by atoms with van der Waals surface area (Å²) in [7, 11) is 0. The number of carbonyl (C=O) groups is 1. The molecular formula is C18H20N6O. The number of rotatable bonds is 3. The molecule has 7 heteroatoms. The van der Waals surface area contributed by atoms with Crippen LogP contribution < -0.4 is 5.73 Å². The third kappa shape index (κ3) is 3.17. The molecule has 1 unspecified atom stereocenters. The molecule has 1 amide bonds. The number of piperidine rings is 1. The topological polar surface area (TPSA) is 101 Å². The largest absolute Gasteiger partial charge is 0.382 e. The number of fused-ring (bicyclic) bond motifs is 1. The number of amides is 1. The maximum atomic E-state index is 12.9. The van der Waals surface area contributed by atoms with E-state index >= 15 is 0 Å². The van der Waals surface area contributed by atoms with Gasteiger partial charge in [-0.1, -0.05) is 0 Å². The summed E-state index contributed by atoms with van der Waals surface area (Å²) >= 11 is 0. The van der Waals surface area contributed by atoms with E-state index in [0.717, 1.165) is 49.1 Å². The van der Waals surface area contributed by atoms with Gasteiger partial charge in [-0.2, -0.15) is 0 Å². The number of hydrogen-bond acceptors (Lipinski definition) is 5. The number of hydrogen-bond donors (Lipinski definition) is 2. The Morgan fingerprint density at radius 1 is 1.28 bits per heavy atom. The Kier molecular flexibility index (Phi) is 4.05. The van der Waals surface area contributed by atoms with Crippen LogP contribution in [0.4, 0.5) is 5.82 Å². The summed E-state index contributed by atoms with van der Waals surface area (Å²) in [5.41, 5.74) is 9.16. The highest BCUT2D eigenvalue weighted by Gasteiger charge is 2.25. The number of nitrogens with two attached hydrogens (primary N) is 1. The molecule has 128 valence electrons. The zero-order chi connectivity index (χ0) is 17.2. The Morgan fingerprint density at radius 2 is 2.16 bits per heavy atom. The highest BCUT2D eigenvalue weighted by molar-refractivity contribution is 5.97. The molecule has 1 atom stereocenters. The Hall–Kier alpha value is -2.96. The summed E-state index contributed by atoms with van der Waals surface area (Å²) in [5, 5.41) is 0. The van der Waals surface area contributed by atoms with Gasteiger partial charge in [0.15, 0.2) is 0 Å². The van der Waals surface area contributed by atoms with Gasteiger partial charge in [0.2, 0.25) is 0 Å². The van der Waals surface area contributed by atoms with E-state index < -0.39 is 0 Å². The second kappa shape index (κ2) is 6.51. The van der Waals surface area contributed by atoms with E-state index in [1.54, 1.807) is 18.7 Å². The van der Waals surface area contributed by atoms with Crippen molar-refractivity contribution in [1.82, 2.24) is 24.8 Å². The molecule has 1 aromatic carbocycles. The Bertz CT molecular complexity index is 905. The third-order valence-corrected chi connectivity index (χ3v) is 4.76. The molecule has 1 aliphatic rings. The summed E-state index contributed by atoms with van der Waals surface area (Å²) in [5.74, 6) is 0.900. The molecule has 0 bridgehead atoms. The number of aromatic nitrogens is 4. The van der Waals surface area contributed by atoms with Gasteiger partial charge in [0.1, 0.15) is 5.82 Å². The summed E-state index contributed by atoms with van der Waals surface area (Å²) in [4.78, 5) is 30.5. The van der Waals surface area contributed by atoms with Crippen molar-refractivity contribution in [3.8, 4) is 0 Å². The van der Waals surface area contributed by atoms with Gasteiger partial charge in [0.05, 0.1) is 23.1 Å². The number of carbonyl (C=O) groups excluding carboxylic acids is 1. The molecule has 0 saturated carbocycles. The van der Waals surface area contributed by atoms with E-state index in [-0.39, 0.29) is 5.91 Å². The van der Waals surface area contributed by atoms with Crippen molar-refractivity contribution in [3.63, 3.8) is 0 Å². The van der Waals surface area contributed by atoms with Gasteiger partial charge in [-0.25, -0.2) is 9.97 Å². The first-order valence-electron chi connectivity index (χ1n) is 8.48. The van der Waals surface area contributed by atoms with Crippen molar-refractivity contribution in [2.24, 2.45) is 5.92 Å². The standard InChI is InChI=1S/C18H20N6O/c19-17-16(20-5-6-21-17)8-12-2-1-7-24(10-12)18(25)13-3-4-14-15(9-13)23-11-22-14/h3-6,9,11-12H,1-2,7-8,10H2,(H2,19,21)(H,22,23). The van der Waals surface area contributed by atoms with Crippen molar-refractivity contribution < 1.29 is 4.79 Å². The van der Waals surface area contributed by atoms with Crippen LogP contribution in [0.1, 0.15) is 28.9 Å². The average Bonchev–Trinajstić information content (AvgIpc) is 3.11. The molecule has 3 N–H and O–H groups in total. The fourth-order valence-corrected chi connectivity index (χ4v) is 3.48. The zero-order valence-electron chi connectivity index (χ0n) is 13.9. The second-order valence-electron chi connectivity index (χ2n) is 6.49. The maximum Gasteiger partial charge on any atom is 0.253 e. The van der Waals surface area contributed by atoms with Crippen LogP contribution in [0.3, 0.4) is 0 Å². The van der Waals surface area contributed by atoms with E-state index in [0.29, 0.717) is 17.3 Å². The number of aromatic amines is 1. The van der Waals surface area contributed by atoms with Gasteiger partial charge >= 0.3 is 0 Å². The SMILES string of the molecule is Nc1nccnc1CC1CCCN(C(=O)c2ccc3nc[nH]c3c2)C1. The number of imidazole rings is 1. The Balaban J connectivity index is 1.48. The molecule has 0 aliphatic carbocycles. The molecule has 1 saturated heterocycles. The minimum atomic E-state index is 0.0633. The summed E-state index contributed by atoms with van der Waals surface area (Å²) in [6.45, 7) is 1.50. The average molecular weight is 336 g/mol. The lowest BCUT2D eigenvalue weighted by molar-refractivity contribution is 0.0673. The molecule has 25 heavy (non-hydrogen) atoms. The van der Waals surface area contributed by atoms with Crippen LogP contribution in [0.5, 0.6) is 0 Å². The molecule has 4 rings (SSSR count). The molecule has 0 radical (unpaired) electrons. The summed E-state index contributed by atoms with van der Waals surface area (Å²) in [6.07, 6.45) is 7.71. The van der Waals surface area contributed by atoms with Crippen molar-refractivity contribution in [3.05, 3.63) is 48.2 Å². The minimum Gasteiger partial charge on any atom is -0.382 e. The molecule has 1 aliphatic heterocycles. The predicted molar refractivity (Wildman–Crippen MR) is 94.9 cm³/mol. The lowest BCUT2D eigenvalue weighted by atomic mass is 9.92. The molecule has 7 nitrogen and oxygen atoms in total. The monoisotopic (exact) mass is 336 g/mol. The summed E-state index contributed by atoms with van der Waals surface area (Å²) < 4.78 is 0. The predicted octanol–water partition coefficient (Wildman–Crippen LogP) is 2.03. The minimum absolute atomic E-state index is 0.0633. The smallest absolute Gasteiger partial charge is 0.253 e. The van der Waals surface area contributed by atoms with Crippen molar-refractivity contribution in [2.75, 3.05) is 18.8 Å². The highest BCUT2D eigenvalue weighted by Crippen LogP contribution is 2.23. The fraction of sp³-hybridized carbons (Fsp3) is 0.333. The van der Waals surface area contributed by atoms with Crippen molar-refractivity contribution in [2.45, 2.75) is 19.3 Å². The molecular weight excluding hydrogens is 316 g/mol. The number of H-pyrrole nitrogens is 1. The summed E-state index contributed by atoms with van der Waals surface area (Å²) in [6, 6.07) is 5.59. The highest BCUT2D eigenvalue weighted by atomic mass is 16.2. The molecule has 3 heterocycles. The van der Waals surface area contributed by atoms with Crippen LogP contribution in [-0.4, -0.2) is 43.8 Å². The van der Waals surface area contributed by atoms with Crippen LogP contribution in [-0.2, 0) is 6.42 Å². The number of anilines is 1. The normalized spacial score (nSPS) is 17.8. The van der Waals surface area contributed by atoms with Crippen molar-refractivity contribution >= 4 is 22.8 Å². The second-order valence-corrected chi connectivity index (χ2v) is 6.49. The lowest BCUT2D eigenvalue weighted by Gasteiger charge is -2.33. The molecule has 3 aromatic rings. The molecule has 0 spiro atoms. The van der Waals surface area contributed by atoms with E-state index in [4.69, 9.17) is 5.73 Å². The van der Waals surface area contributed by atoms with Crippen LogP contribution in [0.25, 0.3) is 11.0 Å². The zero-order valence-corrected chi connectivity index (χ0v) is 13.9. The Labute approximate surface area is 145 Å². The van der Waals surface area contributed by atoms with Gasteiger partial charge in [-0.3, -0.25) is 9.78 Å². The number of benzene rings is 1. The van der Waals surface area contributed by atoms with Gasteiger partial charge in [0.25, 0.3) is 5.91 Å². The van der Waals surface area contributed by atoms with Crippen LogP contribution in [0.15, 0.2) is 36.9 Å². The van der Waals surface area contributed by atoms with E-state index in [2.05, 4.69) is 19.9 Å². The van der Waals surface area contributed by atoms with Gasteiger partial charge in [0, 0.05) is 31.0 Å². The number of nitrogens with one attached hydrogen (secondary N) is 1. The van der Waals surface area contributed by atoms with Gasteiger partial charge < -0.3 is 15.6 Å². The lowest BCUT2D eigenvalue weighted by Crippen LogP contribution is -2.40. The first-order valence-corrected chi connectivity index (χ1v) is 8.48. The number of nitrogens with zero attached hydrogens (tertiary/aromatic N) is 4. The Morgan fingerprint density at radius 3 is 3.04 bits per heavy atom.